The van der Waals surface area contributed by atoms with E-state index in [1.165, 1.54) is 7.11 Å². The highest BCUT2D eigenvalue weighted by Crippen LogP contribution is 2.36. The van der Waals surface area contributed by atoms with Gasteiger partial charge in [-0.3, -0.25) is 14.3 Å². The first kappa shape index (κ1) is 23.6. The predicted octanol–water partition coefficient (Wildman–Crippen LogP) is 4.49. The van der Waals surface area contributed by atoms with Crippen LogP contribution in [0.4, 0.5) is 5.69 Å². The predicted molar refractivity (Wildman–Crippen MR) is 130 cm³/mol. The average Bonchev–Trinajstić information content (AvgIpc) is 3.28. The first-order valence-electron chi connectivity index (χ1n) is 11.1. The molecule has 0 bridgehead atoms. The molecule has 1 aromatic heterocycles. The highest BCUT2D eigenvalue weighted by Gasteiger charge is 2.34. The quantitative estimate of drug-likeness (QED) is 0.536. The van der Waals surface area contributed by atoms with Crippen LogP contribution in [0.3, 0.4) is 0 Å². The molecule has 178 valence electrons. The molecule has 0 fully saturated rings. The van der Waals surface area contributed by atoms with Crippen LogP contribution in [0.25, 0.3) is 0 Å². The maximum atomic E-state index is 13.5. The van der Waals surface area contributed by atoms with Crippen LogP contribution >= 0.6 is 11.6 Å². The lowest BCUT2D eigenvalue weighted by Crippen LogP contribution is -2.41. The summed E-state index contributed by atoms with van der Waals surface area (Å²) in [6.07, 6.45) is 3.10. The molecular formula is C25H27ClN4O4. The first-order valence-corrected chi connectivity index (χ1v) is 11.5. The zero-order chi connectivity index (χ0) is 24.2. The number of nitrogens with one attached hydrogen (secondary N) is 1. The largest absolute Gasteiger partial charge is 0.493 e. The summed E-state index contributed by atoms with van der Waals surface area (Å²) in [4.78, 5) is 28.2. The Balaban J connectivity index is 1.65. The molecule has 1 aliphatic heterocycles. The van der Waals surface area contributed by atoms with Crippen LogP contribution < -0.4 is 19.7 Å². The molecule has 0 spiro atoms. The van der Waals surface area contributed by atoms with Crippen molar-refractivity contribution in [1.82, 2.24) is 15.1 Å². The highest BCUT2D eigenvalue weighted by atomic mass is 35.5. The smallest absolute Gasteiger partial charge is 0.258 e. The molecule has 1 atom stereocenters. The van der Waals surface area contributed by atoms with Crippen molar-refractivity contribution in [2.45, 2.75) is 32.4 Å². The fourth-order valence-corrected chi connectivity index (χ4v) is 4.44. The number of carbonyl (C=O) groups excluding carboxylic acids is 2. The van der Waals surface area contributed by atoms with Gasteiger partial charge in [-0.1, -0.05) is 30.7 Å². The molecule has 8 nitrogen and oxygen atoms in total. The molecule has 0 saturated carbocycles. The third-order valence-corrected chi connectivity index (χ3v) is 6.19. The SMILES string of the molecule is CCCn1ncc2c1C(NC(=O)c1ccccc1Cl)CCN2C(=O)c1ccc(OC)c(OC)c1. The van der Waals surface area contributed by atoms with Gasteiger partial charge in [-0.15, -0.1) is 0 Å². The summed E-state index contributed by atoms with van der Waals surface area (Å²) >= 11 is 6.23. The molecule has 0 saturated heterocycles. The van der Waals surface area contributed by atoms with Crippen molar-refractivity contribution in [3.8, 4) is 11.5 Å². The molecule has 9 heteroatoms. The van der Waals surface area contributed by atoms with E-state index in [0.717, 1.165) is 12.1 Å². The Morgan fingerprint density at radius 2 is 1.91 bits per heavy atom. The van der Waals surface area contributed by atoms with Crippen molar-refractivity contribution in [1.29, 1.82) is 0 Å². The van der Waals surface area contributed by atoms with Gasteiger partial charge in [0.15, 0.2) is 11.5 Å². The summed E-state index contributed by atoms with van der Waals surface area (Å²) in [7, 11) is 3.08. The van der Waals surface area contributed by atoms with Crippen LogP contribution in [0.5, 0.6) is 11.5 Å². The van der Waals surface area contributed by atoms with E-state index in [0.29, 0.717) is 52.8 Å². The number of halogens is 1. The Hall–Kier alpha value is -3.52. The highest BCUT2D eigenvalue weighted by molar-refractivity contribution is 6.33. The van der Waals surface area contributed by atoms with Crippen molar-refractivity contribution in [2.75, 3.05) is 25.7 Å². The van der Waals surface area contributed by atoms with Gasteiger partial charge in [0.25, 0.3) is 11.8 Å². The summed E-state index contributed by atoms with van der Waals surface area (Å²) < 4.78 is 12.5. The third-order valence-electron chi connectivity index (χ3n) is 5.86. The Kier molecular flexibility index (Phi) is 7.07. The van der Waals surface area contributed by atoms with E-state index in [1.807, 2.05) is 4.68 Å². The minimum Gasteiger partial charge on any atom is -0.493 e. The lowest BCUT2D eigenvalue weighted by molar-refractivity contribution is 0.0931. The minimum atomic E-state index is -0.303. The molecule has 3 aromatic rings. The number of aryl methyl sites for hydroxylation is 1. The van der Waals surface area contributed by atoms with Crippen molar-refractivity contribution < 1.29 is 19.1 Å². The molecule has 2 aromatic carbocycles. The van der Waals surface area contributed by atoms with Gasteiger partial charge in [0, 0.05) is 18.7 Å². The van der Waals surface area contributed by atoms with Crippen LogP contribution in [0.15, 0.2) is 48.7 Å². The number of hydrogen-bond acceptors (Lipinski definition) is 5. The summed E-state index contributed by atoms with van der Waals surface area (Å²) in [5.74, 6) is 0.605. The van der Waals surface area contributed by atoms with Crippen LogP contribution in [0, 0.1) is 0 Å². The molecule has 1 aliphatic rings. The molecule has 1 unspecified atom stereocenters. The molecular weight excluding hydrogens is 456 g/mol. The van der Waals surface area contributed by atoms with E-state index in [-0.39, 0.29) is 17.9 Å². The summed E-state index contributed by atoms with van der Waals surface area (Å²) in [5, 5.41) is 8.01. The summed E-state index contributed by atoms with van der Waals surface area (Å²) in [5.41, 5.74) is 2.38. The normalized spacial score (nSPS) is 14.9. The minimum absolute atomic E-state index is 0.172. The van der Waals surface area contributed by atoms with Gasteiger partial charge >= 0.3 is 0 Å². The Labute approximate surface area is 203 Å². The standard InChI is InChI=1S/C25H27ClN4O4/c1-4-12-30-23-19(28-24(31)17-7-5-6-8-18(17)26)11-13-29(20(23)15-27-30)25(32)16-9-10-21(33-2)22(14-16)34-3/h5-10,14-15,19H,4,11-13H2,1-3H3,(H,28,31). The van der Waals surface area contributed by atoms with Gasteiger partial charge in [0.2, 0.25) is 0 Å². The molecule has 2 amide bonds. The molecule has 34 heavy (non-hydrogen) atoms. The van der Waals surface area contributed by atoms with Crippen LogP contribution in [-0.2, 0) is 6.54 Å². The number of aromatic nitrogens is 2. The summed E-state index contributed by atoms with van der Waals surface area (Å²) in [6.45, 7) is 3.15. The second-order valence-electron chi connectivity index (χ2n) is 7.96. The van der Waals surface area contributed by atoms with E-state index >= 15 is 0 Å². The van der Waals surface area contributed by atoms with Gasteiger partial charge < -0.3 is 19.7 Å². The number of anilines is 1. The topological polar surface area (TPSA) is 85.7 Å². The number of rotatable bonds is 7. The first-order chi connectivity index (χ1) is 16.5. The monoisotopic (exact) mass is 482 g/mol. The Morgan fingerprint density at radius 1 is 1.15 bits per heavy atom. The number of hydrogen-bond donors (Lipinski definition) is 1. The van der Waals surface area contributed by atoms with Crippen molar-refractivity contribution >= 4 is 29.1 Å². The number of nitrogens with zero attached hydrogens (tertiary/aromatic N) is 3. The van der Waals surface area contributed by atoms with E-state index < -0.39 is 0 Å². The maximum Gasteiger partial charge on any atom is 0.258 e. The maximum absolute atomic E-state index is 13.5. The van der Waals surface area contributed by atoms with Crippen molar-refractivity contribution in [3.63, 3.8) is 0 Å². The molecule has 4 rings (SSSR count). The van der Waals surface area contributed by atoms with E-state index in [4.69, 9.17) is 21.1 Å². The molecule has 0 aliphatic carbocycles. The van der Waals surface area contributed by atoms with E-state index in [2.05, 4.69) is 17.3 Å². The van der Waals surface area contributed by atoms with Crippen LogP contribution in [0.2, 0.25) is 5.02 Å². The number of carbonyl (C=O) groups is 2. The van der Waals surface area contributed by atoms with Crippen LogP contribution in [0.1, 0.15) is 52.2 Å². The Bertz CT molecular complexity index is 1210. The van der Waals surface area contributed by atoms with Gasteiger partial charge in [0.1, 0.15) is 0 Å². The van der Waals surface area contributed by atoms with Crippen molar-refractivity contribution in [3.05, 3.63) is 70.5 Å². The van der Waals surface area contributed by atoms with Gasteiger partial charge in [0.05, 0.1) is 48.4 Å². The lowest BCUT2D eigenvalue weighted by Gasteiger charge is -2.33. The fourth-order valence-electron chi connectivity index (χ4n) is 4.21. The number of ether oxygens (including phenoxy) is 2. The number of methoxy groups -OCH3 is 2. The fraction of sp³-hybridized carbons (Fsp3) is 0.320. The number of benzene rings is 2. The molecule has 0 radical (unpaired) electrons. The summed E-state index contributed by atoms with van der Waals surface area (Å²) in [6, 6.07) is 11.7. The average molecular weight is 483 g/mol. The number of amides is 2. The molecule has 1 N–H and O–H groups in total. The van der Waals surface area contributed by atoms with E-state index in [9.17, 15) is 9.59 Å². The zero-order valence-corrected chi connectivity index (χ0v) is 20.1. The lowest BCUT2D eigenvalue weighted by atomic mass is 10.0. The Morgan fingerprint density at radius 3 is 2.62 bits per heavy atom. The van der Waals surface area contributed by atoms with Gasteiger partial charge in [-0.05, 0) is 43.2 Å². The molecule has 2 heterocycles. The van der Waals surface area contributed by atoms with Gasteiger partial charge in [-0.2, -0.15) is 5.10 Å². The van der Waals surface area contributed by atoms with Gasteiger partial charge in [-0.25, -0.2) is 0 Å². The van der Waals surface area contributed by atoms with Crippen molar-refractivity contribution in [2.24, 2.45) is 0 Å². The third kappa shape index (κ3) is 4.46. The second kappa shape index (κ2) is 10.2. The second-order valence-corrected chi connectivity index (χ2v) is 8.37. The van der Waals surface area contributed by atoms with Crippen LogP contribution in [-0.4, -0.2) is 42.4 Å². The zero-order valence-electron chi connectivity index (χ0n) is 19.4. The number of fused-ring (bicyclic) bond motifs is 1. The van der Waals surface area contributed by atoms with E-state index in [1.54, 1.807) is 60.7 Å².